The minimum atomic E-state index is -2.59. The van der Waals surface area contributed by atoms with Gasteiger partial charge in [0.1, 0.15) is 23.8 Å². The first-order valence-corrected chi connectivity index (χ1v) is 14.1. The summed E-state index contributed by atoms with van der Waals surface area (Å²) >= 11 is 3.24. The Morgan fingerprint density at radius 1 is 0.727 bits per heavy atom. The summed E-state index contributed by atoms with van der Waals surface area (Å²) in [5, 5.41) is 35.9. The van der Waals surface area contributed by atoms with Crippen LogP contribution in [0.5, 0.6) is 0 Å². The summed E-state index contributed by atoms with van der Waals surface area (Å²) in [5.74, 6) is 0. The van der Waals surface area contributed by atoms with E-state index >= 15 is 0 Å². The van der Waals surface area contributed by atoms with Crippen molar-refractivity contribution in [2.45, 2.75) is 13.8 Å². The summed E-state index contributed by atoms with van der Waals surface area (Å²) in [5.41, 5.74) is 2.45. The van der Waals surface area contributed by atoms with Gasteiger partial charge in [0.05, 0.1) is 5.57 Å². The molecule has 5 rings (SSSR count). The first-order valence-electron chi connectivity index (χ1n) is 10.4. The minimum Gasteiger partial charge on any atom is -0.192 e. The molecule has 0 unspecified atom stereocenters. The number of hydrogen-bond acceptors (Lipinski definition) is 5. The molecule has 0 saturated heterocycles. The molecule has 0 fully saturated rings. The Kier molecular flexibility index (Phi) is 5.12. The van der Waals surface area contributed by atoms with E-state index in [2.05, 4.69) is 86.0 Å². The van der Waals surface area contributed by atoms with Gasteiger partial charge in [-0.2, -0.15) is 15.8 Å². The highest BCUT2D eigenvalue weighted by molar-refractivity contribution is 7.33. The number of aryl methyl sites for hydroxylation is 2. The van der Waals surface area contributed by atoms with Crippen LogP contribution in [0.1, 0.15) is 16.0 Å². The summed E-state index contributed by atoms with van der Waals surface area (Å²) in [4.78, 5) is 3.09. The normalized spacial score (nSPS) is 12.7. The average Bonchev–Trinajstić information content (AvgIpc) is 3.52. The SMILES string of the molecule is Cc1ccc([Si]2(c3ccc(C)cc3)c3ccsc3-c3sc(C(C#N)=C(C#N)C#N)cc32)cc1. The monoisotopic (exact) mass is 475 g/mol. The van der Waals surface area contributed by atoms with Crippen molar-refractivity contribution in [3.63, 3.8) is 0 Å². The molecule has 0 amide bonds. The maximum Gasteiger partial charge on any atom is 0.182 e. The number of rotatable bonds is 3. The molecular formula is C27H17N3S2Si. The van der Waals surface area contributed by atoms with Crippen molar-refractivity contribution in [3.8, 4) is 28.0 Å². The Morgan fingerprint density at radius 2 is 1.30 bits per heavy atom. The molecule has 0 saturated carbocycles. The van der Waals surface area contributed by atoms with E-state index in [4.69, 9.17) is 0 Å². The summed E-state index contributed by atoms with van der Waals surface area (Å²) in [6, 6.07) is 27.9. The van der Waals surface area contributed by atoms with Gasteiger partial charge in [0, 0.05) is 14.6 Å². The number of nitriles is 3. The molecule has 0 atom stereocenters. The average molecular weight is 476 g/mol. The quantitative estimate of drug-likeness (QED) is 0.291. The highest BCUT2D eigenvalue weighted by atomic mass is 32.1. The van der Waals surface area contributed by atoms with Gasteiger partial charge < -0.3 is 0 Å². The van der Waals surface area contributed by atoms with Crippen LogP contribution in [0.3, 0.4) is 0 Å². The van der Waals surface area contributed by atoms with Crippen molar-refractivity contribution in [1.29, 1.82) is 15.8 Å². The molecule has 0 aliphatic carbocycles. The first-order chi connectivity index (χ1) is 16.0. The molecule has 0 bridgehead atoms. The standard InChI is InChI=1S/C27H17N3S2Si/c1-17-3-7-20(8-4-17)33(21-9-5-18(2)6-10-21)24-11-12-31-26(24)27-25(33)13-23(32-27)22(16-30)19(14-28)15-29/h3-13H,1-2H3. The Hall–Kier alpha value is -3.73. The van der Waals surface area contributed by atoms with Crippen molar-refractivity contribution < 1.29 is 0 Å². The van der Waals surface area contributed by atoms with E-state index in [1.165, 1.54) is 48.1 Å². The number of thiophene rings is 2. The van der Waals surface area contributed by atoms with Crippen LogP contribution < -0.4 is 20.7 Å². The van der Waals surface area contributed by atoms with Crippen LogP contribution >= 0.6 is 22.7 Å². The van der Waals surface area contributed by atoms with Crippen LogP contribution in [-0.2, 0) is 0 Å². The molecule has 0 radical (unpaired) electrons. The van der Waals surface area contributed by atoms with Crippen LogP contribution in [-0.4, -0.2) is 8.07 Å². The van der Waals surface area contributed by atoms with Gasteiger partial charge in [-0.1, -0.05) is 65.7 Å². The lowest BCUT2D eigenvalue weighted by molar-refractivity contribution is 1.46. The molecule has 0 spiro atoms. The van der Waals surface area contributed by atoms with Crippen LogP contribution in [0.4, 0.5) is 0 Å². The predicted molar refractivity (Wildman–Crippen MR) is 138 cm³/mol. The Bertz CT molecular complexity index is 1490. The van der Waals surface area contributed by atoms with Gasteiger partial charge >= 0.3 is 0 Å². The molecule has 0 N–H and O–H groups in total. The van der Waals surface area contributed by atoms with E-state index in [0.717, 1.165) is 4.88 Å². The molecule has 33 heavy (non-hydrogen) atoms. The van der Waals surface area contributed by atoms with E-state index < -0.39 is 8.07 Å². The Labute approximate surface area is 201 Å². The van der Waals surface area contributed by atoms with Gasteiger partial charge in [0.2, 0.25) is 0 Å². The smallest absolute Gasteiger partial charge is 0.182 e. The van der Waals surface area contributed by atoms with Gasteiger partial charge in [-0.15, -0.1) is 22.7 Å². The molecule has 1 aliphatic heterocycles. The van der Waals surface area contributed by atoms with Gasteiger partial charge in [-0.3, -0.25) is 0 Å². The fourth-order valence-electron chi connectivity index (χ4n) is 4.65. The molecule has 156 valence electrons. The zero-order chi connectivity index (χ0) is 23.2. The minimum absolute atomic E-state index is 0.137. The molecule has 3 nitrogen and oxygen atoms in total. The van der Waals surface area contributed by atoms with E-state index in [-0.39, 0.29) is 11.1 Å². The fraction of sp³-hybridized carbons (Fsp3) is 0.0741. The fourth-order valence-corrected chi connectivity index (χ4v) is 13.2. The van der Waals surface area contributed by atoms with Gasteiger partial charge in [0.15, 0.2) is 8.07 Å². The number of nitrogens with zero attached hydrogens (tertiary/aromatic N) is 3. The summed E-state index contributed by atoms with van der Waals surface area (Å²) in [6.07, 6.45) is 0. The van der Waals surface area contributed by atoms with Gasteiger partial charge in [-0.05, 0) is 46.0 Å². The molecule has 4 aromatic rings. The molecule has 2 aromatic heterocycles. The zero-order valence-corrected chi connectivity index (χ0v) is 20.6. The third kappa shape index (κ3) is 3.03. The number of hydrogen-bond donors (Lipinski definition) is 0. The second-order valence-electron chi connectivity index (χ2n) is 8.08. The van der Waals surface area contributed by atoms with Gasteiger partial charge in [-0.25, -0.2) is 0 Å². The summed E-state index contributed by atoms with van der Waals surface area (Å²) < 4.78 is 0. The van der Waals surface area contributed by atoms with Crippen molar-refractivity contribution in [1.82, 2.24) is 0 Å². The zero-order valence-electron chi connectivity index (χ0n) is 18.0. The number of fused-ring (bicyclic) bond motifs is 3. The van der Waals surface area contributed by atoms with Crippen molar-refractivity contribution in [2.75, 3.05) is 0 Å². The van der Waals surface area contributed by atoms with Gasteiger partial charge in [0.25, 0.3) is 0 Å². The summed E-state index contributed by atoms with van der Waals surface area (Å²) in [7, 11) is -2.59. The largest absolute Gasteiger partial charge is 0.192 e. The summed E-state index contributed by atoms with van der Waals surface area (Å²) in [6.45, 7) is 4.19. The van der Waals surface area contributed by atoms with Crippen LogP contribution in [0, 0.1) is 47.8 Å². The Balaban J connectivity index is 1.89. The predicted octanol–water partition coefficient (Wildman–Crippen LogP) is 4.11. The highest BCUT2D eigenvalue weighted by Crippen LogP contribution is 2.40. The molecule has 1 aliphatic rings. The maximum atomic E-state index is 9.79. The lowest BCUT2D eigenvalue weighted by atomic mass is 10.1. The Morgan fingerprint density at radius 3 is 1.82 bits per heavy atom. The molecule has 6 heteroatoms. The molecule has 2 aromatic carbocycles. The highest BCUT2D eigenvalue weighted by Gasteiger charge is 2.50. The lowest BCUT2D eigenvalue weighted by Gasteiger charge is -2.30. The maximum absolute atomic E-state index is 9.79. The number of benzene rings is 2. The lowest BCUT2D eigenvalue weighted by Crippen LogP contribution is -2.72. The molecule has 3 heterocycles. The van der Waals surface area contributed by atoms with E-state index in [0.29, 0.717) is 4.88 Å². The third-order valence-corrected chi connectivity index (χ3v) is 13.6. The topological polar surface area (TPSA) is 71.4 Å². The molecular weight excluding hydrogens is 459 g/mol. The third-order valence-electron chi connectivity index (χ3n) is 6.21. The van der Waals surface area contributed by atoms with Crippen molar-refractivity contribution >= 4 is 57.1 Å². The van der Waals surface area contributed by atoms with E-state index in [9.17, 15) is 15.8 Å². The second-order valence-corrected chi connectivity index (χ2v) is 13.8. The number of allylic oxidation sites excluding steroid dienone is 2. The van der Waals surface area contributed by atoms with E-state index in [1.54, 1.807) is 11.3 Å². The van der Waals surface area contributed by atoms with E-state index in [1.807, 2.05) is 12.1 Å². The van der Waals surface area contributed by atoms with Crippen LogP contribution in [0.15, 0.2) is 71.6 Å². The van der Waals surface area contributed by atoms with Crippen LogP contribution in [0.2, 0.25) is 0 Å². The van der Waals surface area contributed by atoms with Crippen molar-refractivity contribution in [2.24, 2.45) is 0 Å². The van der Waals surface area contributed by atoms with Crippen molar-refractivity contribution in [3.05, 3.63) is 87.6 Å². The second kappa shape index (κ2) is 8.00. The first kappa shape index (κ1) is 21.1. The van der Waals surface area contributed by atoms with Crippen LogP contribution in [0.25, 0.3) is 15.3 Å².